The summed E-state index contributed by atoms with van der Waals surface area (Å²) in [5.74, 6) is 0.156. The van der Waals surface area contributed by atoms with Gasteiger partial charge in [-0.25, -0.2) is 9.97 Å². The smallest absolute Gasteiger partial charge is 0.251 e. The summed E-state index contributed by atoms with van der Waals surface area (Å²) in [4.78, 5) is 20.3. The average Bonchev–Trinajstić information content (AvgIpc) is 2.64. The molecule has 0 radical (unpaired) electrons. The minimum Gasteiger partial charge on any atom is -0.472 e. The van der Waals surface area contributed by atoms with E-state index in [0.717, 1.165) is 25.7 Å². The Labute approximate surface area is 150 Å². The second-order valence-corrected chi connectivity index (χ2v) is 6.33. The molecule has 1 aliphatic rings. The van der Waals surface area contributed by atoms with Gasteiger partial charge in [-0.2, -0.15) is 5.26 Å². The molecule has 1 fully saturated rings. The minimum atomic E-state index is -0.118. The number of amides is 1. The molecule has 0 unspecified atom stereocenters. The Morgan fingerprint density at radius 3 is 2.72 bits per heavy atom. The third-order valence-corrected chi connectivity index (χ3v) is 4.38. The van der Waals surface area contributed by atoms with Crippen LogP contribution in [0.4, 0.5) is 0 Å². The molecule has 1 aromatic heterocycles. The zero-order valence-corrected chi connectivity index (χ0v) is 14.2. The lowest BCUT2D eigenvalue weighted by Gasteiger charge is -2.29. The second kappa shape index (κ2) is 7.95. The van der Waals surface area contributed by atoms with Gasteiger partial charge >= 0.3 is 0 Å². The van der Waals surface area contributed by atoms with Gasteiger partial charge in [0.25, 0.3) is 11.8 Å². The zero-order valence-electron chi connectivity index (χ0n) is 13.5. The highest BCUT2D eigenvalue weighted by atomic mass is 35.5. The number of nitrogens with zero attached hydrogens (tertiary/aromatic N) is 3. The molecule has 2 aromatic rings. The Bertz CT molecular complexity index is 798. The van der Waals surface area contributed by atoms with Gasteiger partial charge in [-0.05, 0) is 43.9 Å². The molecule has 25 heavy (non-hydrogen) atoms. The zero-order chi connectivity index (χ0) is 17.6. The van der Waals surface area contributed by atoms with Crippen LogP contribution in [-0.2, 0) is 0 Å². The molecule has 3 rings (SSSR count). The monoisotopic (exact) mass is 356 g/mol. The van der Waals surface area contributed by atoms with E-state index in [1.807, 2.05) is 6.07 Å². The Kier molecular flexibility index (Phi) is 5.46. The molecule has 1 aliphatic carbocycles. The molecule has 1 aromatic carbocycles. The molecule has 6 nitrogen and oxygen atoms in total. The number of benzene rings is 1. The third-order valence-electron chi connectivity index (χ3n) is 4.15. The van der Waals surface area contributed by atoms with E-state index in [2.05, 4.69) is 15.3 Å². The van der Waals surface area contributed by atoms with E-state index >= 15 is 0 Å². The molecule has 1 amide bonds. The first-order chi connectivity index (χ1) is 12.2. The van der Waals surface area contributed by atoms with Crippen LogP contribution in [0.3, 0.4) is 0 Å². The van der Waals surface area contributed by atoms with Gasteiger partial charge in [0.2, 0.25) is 5.69 Å². The summed E-state index contributed by atoms with van der Waals surface area (Å²) >= 11 is 5.92. The molecule has 0 saturated heterocycles. The summed E-state index contributed by atoms with van der Waals surface area (Å²) in [5, 5.41) is 12.6. The van der Waals surface area contributed by atoms with Gasteiger partial charge in [0.1, 0.15) is 12.2 Å². The number of halogens is 1. The first kappa shape index (κ1) is 17.2. The third kappa shape index (κ3) is 4.46. The number of hydrogen-bond acceptors (Lipinski definition) is 5. The van der Waals surface area contributed by atoms with Crippen LogP contribution in [0.5, 0.6) is 5.88 Å². The van der Waals surface area contributed by atoms with E-state index in [0.29, 0.717) is 10.6 Å². The summed E-state index contributed by atoms with van der Waals surface area (Å²) in [5.41, 5.74) is 0.753. The van der Waals surface area contributed by atoms with Crippen molar-refractivity contribution in [2.45, 2.75) is 37.8 Å². The van der Waals surface area contributed by atoms with Gasteiger partial charge in [-0.3, -0.25) is 4.79 Å². The molecule has 0 bridgehead atoms. The van der Waals surface area contributed by atoms with Crippen LogP contribution in [0.2, 0.25) is 5.02 Å². The fourth-order valence-corrected chi connectivity index (χ4v) is 3.06. The Hall–Kier alpha value is -2.65. The van der Waals surface area contributed by atoms with Crippen LogP contribution in [0.25, 0.3) is 0 Å². The van der Waals surface area contributed by atoms with Crippen molar-refractivity contribution in [2.24, 2.45) is 0 Å². The maximum atomic E-state index is 12.3. The molecule has 1 N–H and O–H groups in total. The molecule has 0 atom stereocenters. The van der Waals surface area contributed by atoms with Crippen LogP contribution in [0.15, 0.2) is 36.7 Å². The maximum absolute atomic E-state index is 12.3. The summed E-state index contributed by atoms with van der Waals surface area (Å²) in [6.45, 7) is 0. The van der Waals surface area contributed by atoms with Crippen LogP contribution in [0, 0.1) is 11.3 Å². The first-order valence-corrected chi connectivity index (χ1v) is 8.47. The molecular weight excluding hydrogens is 340 g/mol. The molecule has 0 spiro atoms. The fourth-order valence-electron chi connectivity index (χ4n) is 2.87. The molecule has 0 aliphatic heterocycles. The first-order valence-electron chi connectivity index (χ1n) is 8.10. The predicted molar refractivity (Wildman–Crippen MR) is 92.3 cm³/mol. The Morgan fingerprint density at radius 1 is 1.24 bits per heavy atom. The van der Waals surface area contributed by atoms with E-state index in [1.54, 1.807) is 24.3 Å². The normalized spacial score (nSPS) is 19.7. The van der Waals surface area contributed by atoms with Gasteiger partial charge in [-0.1, -0.05) is 17.7 Å². The standard InChI is InChI=1S/C18H17ClN4O2/c19-13-3-1-2-12(10-13)17(24)23-14-4-6-15(7-5-14)25-18-16(11-20)21-8-9-22-18/h1-3,8-10,14-15H,4-7H2,(H,23,24). The largest absolute Gasteiger partial charge is 0.472 e. The van der Waals surface area contributed by atoms with E-state index in [4.69, 9.17) is 21.6 Å². The molecule has 1 heterocycles. The predicted octanol–water partition coefficient (Wildman–Crippen LogP) is 3.12. The number of rotatable bonds is 4. The van der Waals surface area contributed by atoms with Crippen LogP contribution < -0.4 is 10.1 Å². The van der Waals surface area contributed by atoms with Crippen molar-refractivity contribution < 1.29 is 9.53 Å². The molecule has 1 saturated carbocycles. The summed E-state index contributed by atoms with van der Waals surface area (Å²) in [7, 11) is 0. The van der Waals surface area contributed by atoms with Crippen molar-refractivity contribution in [2.75, 3.05) is 0 Å². The lowest BCUT2D eigenvalue weighted by molar-refractivity contribution is 0.0889. The number of nitrogens with one attached hydrogen (secondary N) is 1. The van der Waals surface area contributed by atoms with E-state index in [1.165, 1.54) is 12.4 Å². The van der Waals surface area contributed by atoms with Crippen molar-refractivity contribution in [3.8, 4) is 11.9 Å². The number of ether oxygens (including phenoxy) is 1. The molecular formula is C18H17ClN4O2. The quantitative estimate of drug-likeness (QED) is 0.909. The highest BCUT2D eigenvalue weighted by molar-refractivity contribution is 6.30. The lowest BCUT2D eigenvalue weighted by atomic mass is 9.92. The van der Waals surface area contributed by atoms with Crippen molar-refractivity contribution in [1.29, 1.82) is 5.26 Å². The average molecular weight is 357 g/mol. The van der Waals surface area contributed by atoms with Crippen molar-refractivity contribution in [1.82, 2.24) is 15.3 Å². The van der Waals surface area contributed by atoms with Crippen LogP contribution >= 0.6 is 11.6 Å². The summed E-state index contributed by atoms with van der Waals surface area (Å²) < 4.78 is 5.80. The van der Waals surface area contributed by atoms with Gasteiger partial charge in [-0.15, -0.1) is 0 Å². The number of aromatic nitrogens is 2. The van der Waals surface area contributed by atoms with Gasteiger partial charge in [0.15, 0.2) is 0 Å². The lowest BCUT2D eigenvalue weighted by Crippen LogP contribution is -2.39. The Balaban J connectivity index is 1.52. The van der Waals surface area contributed by atoms with Gasteiger partial charge in [0, 0.05) is 29.0 Å². The minimum absolute atomic E-state index is 0.0249. The highest BCUT2D eigenvalue weighted by Crippen LogP contribution is 2.24. The summed E-state index contributed by atoms with van der Waals surface area (Å²) in [6, 6.07) is 8.97. The SMILES string of the molecule is N#Cc1nccnc1OC1CCC(NC(=O)c2cccc(Cl)c2)CC1. The topological polar surface area (TPSA) is 87.9 Å². The number of nitriles is 1. The highest BCUT2D eigenvalue weighted by Gasteiger charge is 2.25. The Morgan fingerprint density at radius 2 is 2.00 bits per heavy atom. The molecule has 7 heteroatoms. The van der Waals surface area contributed by atoms with Gasteiger partial charge < -0.3 is 10.1 Å². The van der Waals surface area contributed by atoms with Crippen molar-refractivity contribution >= 4 is 17.5 Å². The van der Waals surface area contributed by atoms with E-state index < -0.39 is 0 Å². The van der Waals surface area contributed by atoms with Gasteiger partial charge in [0.05, 0.1) is 0 Å². The summed E-state index contributed by atoms with van der Waals surface area (Å²) in [6.07, 6.45) is 6.12. The van der Waals surface area contributed by atoms with E-state index in [9.17, 15) is 4.79 Å². The number of carbonyl (C=O) groups excluding carboxylic acids is 1. The van der Waals surface area contributed by atoms with Crippen LogP contribution in [0.1, 0.15) is 41.7 Å². The number of hydrogen-bond donors (Lipinski definition) is 1. The van der Waals surface area contributed by atoms with Crippen molar-refractivity contribution in [3.63, 3.8) is 0 Å². The van der Waals surface area contributed by atoms with E-state index in [-0.39, 0.29) is 29.6 Å². The molecule has 128 valence electrons. The van der Waals surface area contributed by atoms with Crippen molar-refractivity contribution in [3.05, 3.63) is 52.9 Å². The maximum Gasteiger partial charge on any atom is 0.251 e. The number of carbonyl (C=O) groups is 1. The van der Waals surface area contributed by atoms with Crippen LogP contribution in [-0.4, -0.2) is 28.0 Å². The second-order valence-electron chi connectivity index (χ2n) is 5.90. The fraction of sp³-hybridized carbons (Fsp3) is 0.333.